The number of amides is 1. The number of esters is 1. The number of para-hydroxylation sites is 2. The fourth-order valence-corrected chi connectivity index (χ4v) is 2.97. The van der Waals surface area contributed by atoms with Crippen LogP contribution in [0, 0.1) is 0 Å². The highest BCUT2D eigenvalue weighted by Crippen LogP contribution is 2.29. The van der Waals surface area contributed by atoms with Crippen molar-refractivity contribution < 1.29 is 19.1 Å². The summed E-state index contributed by atoms with van der Waals surface area (Å²) in [7, 11) is 3.62. The van der Waals surface area contributed by atoms with E-state index in [0.29, 0.717) is 17.4 Å². The van der Waals surface area contributed by atoms with Gasteiger partial charge in [0, 0.05) is 19.8 Å². The Balaban J connectivity index is 1.98. The number of hydrogen-bond donors (Lipinski definition) is 1. The molecule has 1 amide bonds. The molecule has 0 aliphatic rings. The highest BCUT2D eigenvalue weighted by atomic mass is 16.6. The zero-order valence-electron chi connectivity index (χ0n) is 19.0. The molecule has 0 aliphatic carbocycles. The summed E-state index contributed by atoms with van der Waals surface area (Å²) in [5.74, 6) is 0.103. The Hall–Kier alpha value is -3.81. The Labute approximate surface area is 187 Å². The number of imidazole rings is 1. The van der Waals surface area contributed by atoms with E-state index in [2.05, 4.69) is 10.3 Å². The minimum absolute atomic E-state index is 0.105. The van der Waals surface area contributed by atoms with Gasteiger partial charge in [-0.3, -0.25) is 9.36 Å². The number of nitrogens with zero attached hydrogens (tertiary/aromatic N) is 3. The maximum Gasteiger partial charge on any atom is 0.359 e. The van der Waals surface area contributed by atoms with E-state index in [4.69, 9.17) is 9.47 Å². The lowest BCUT2D eigenvalue weighted by molar-refractivity contribution is -0.118. The van der Waals surface area contributed by atoms with Crippen LogP contribution in [0.15, 0.2) is 60.7 Å². The van der Waals surface area contributed by atoms with E-state index in [0.717, 1.165) is 0 Å². The number of benzene rings is 2. The first-order valence-electron chi connectivity index (χ1n) is 10.2. The summed E-state index contributed by atoms with van der Waals surface area (Å²) in [4.78, 5) is 32.1. The molecule has 0 fully saturated rings. The zero-order valence-corrected chi connectivity index (χ0v) is 19.0. The van der Waals surface area contributed by atoms with Gasteiger partial charge in [-0.1, -0.05) is 36.4 Å². The van der Waals surface area contributed by atoms with E-state index in [9.17, 15) is 9.59 Å². The van der Waals surface area contributed by atoms with Crippen LogP contribution >= 0.6 is 0 Å². The minimum atomic E-state index is -0.723. The normalized spacial score (nSPS) is 11.0. The van der Waals surface area contributed by atoms with Crippen molar-refractivity contribution in [2.24, 2.45) is 0 Å². The maximum atomic E-state index is 13.2. The molecule has 1 N–H and O–H groups in total. The molecule has 3 rings (SSSR count). The molecule has 1 heterocycles. The van der Waals surface area contributed by atoms with Gasteiger partial charge in [-0.15, -0.1) is 0 Å². The number of carbonyl (C=O) groups excluding carboxylic acids is 2. The Morgan fingerprint density at radius 3 is 2.16 bits per heavy atom. The van der Waals surface area contributed by atoms with Crippen LogP contribution < -0.4 is 15.0 Å². The molecular weight excluding hydrogens is 408 g/mol. The number of hydrogen-bond acceptors (Lipinski definition) is 6. The van der Waals surface area contributed by atoms with E-state index in [1.54, 1.807) is 42.4 Å². The molecule has 8 nitrogen and oxygen atoms in total. The lowest BCUT2D eigenvalue weighted by Gasteiger charge is -2.21. The van der Waals surface area contributed by atoms with Crippen LogP contribution in [0.3, 0.4) is 0 Å². The number of carbonyl (C=O) groups is 2. The van der Waals surface area contributed by atoms with E-state index in [1.807, 2.05) is 62.6 Å². The molecule has 0 atom stereocenters. The molecule has 3 aromatic rings. The minimum Gasteiger partial charge on any atom is -0.484 e. The Morgan fingerprint density at radius 2 is 1.59 bits per heavy atom. The van der Waals surface area contributed by atoms with E-state index >= 15 is 0 Å². The number of ether oxygens (including phenoxy) is 2. The largest absolute Gasteiger partial charge is 0.484 e. The summed E-state index contributed by atoms with van der Waals surface area (Å²) in [6.07, 6.45) is 0. The summed E-state index contributed by atoms with van der Waals surface area (Å²) in [5, 5.41) is 2.71. The number of aromatic nitrogens is 2. The molecule has 1 aromatic heterocycles. The third kappa shape index (κ3) is 5.66. The van der Waals surface area contributed by atoms with E-state index in [-0.39, 0.29) is 18.1 Å². The first-order chi connectivity index (χ1) is 15.2. The highest BCUT2D eigenvalue weighted by molar-refractivity contribution is 6.01. The zero-order chi connectivity index (χ0) is 23.3. The van der Waals surface area contributed by atoms with Crippen molar-refractivity contribution in [3.05, 3.63) is 66.4 Å². The topological polar surface area (TPSA) is 85.7 Å². The fraction of sp³-hybridized carbons (Fsp3) is 0.292. The molecule has 32 heavy (non-hydrogen) atoms. The van der Waals surface area contributed by atoms with Crippen LogP contribution in [0.4, 0.5) is 11.8 Å². The molecule has 0 bridgehead atoms. The van der Waals surface area contributed by atoms with Crippen molar-refractivity contribution in [1.29, 1.82) is 0 Å². The number of nitrogens with one attached hydrogen (secondary N) is 1. The molecule has 0 saturated heterocycles. The number of anilines is 2. The molecule has 0 spiro atoms. The van der Waals surface area contributed by atoms with Crippen molar-refractivity contribution in [3.8, 4) is 11.4 Å². The highest BCUT2D eigenvalue weighted by Gasteiger charge is 2.30. The van der Waals surface area contributed by atoms with E-state index < -0.39 is 17.5 Å². The van der Waals surface area contributed by atoms with Gasteiger partial charge in [-0.2, -0.15) is 4.98 Å². The van der Waals surface area contributed by atoms with Gasteiger partial charge in [0.25, 0.3) is 5.91 Å². The quantitative estimate of drug-likeness (QED) is 0.565. The van der Waals surface area contributed by atoms with Crippen molar-refractivity contribution in [2.75, 3.05) is 30.9 Å². The molecule has 0 radical (unpaired) electrons. The molecule has 0 saturated carbocycles. The fourth-order valence-electron chi connectivity index (χ4n) is 2.97. The molecule has 0 unspecified atom stereocenters. The summed E-state index contributed by atoms with van der Waals surface area (Å²) >= 11 is 0. The van der Waals surface area contributed by atoms with Gasteiger partial charge in [-0.25, -0.2) is 4.79 Å². The second-order valence-electron chi connectivity index (χ2n) is 8.33. The lowest BCUT2D eigenvalue weighted by Crippen LogP contribution is -2.27. The van der Waals surface area contributed by atoms with Crippen molar-refractivity contribution >= 4 is 23.6 Å². The van der Waals surface area contributed by atoms with Gasteiger partial charge < -0.3 is 19.7 Å². The molecule has 0 aliphatic heterocycles. The molecular formula is C24H28N4O4. The van der Waals surface area contributed by atoms with Gasteiger partial charge in [0.15, 0.2) is 18.1 Å². The van der Waals surface area contributed by atoms with Crippen LogP contribution in [-0.4, -0.2) is 47.7 Å². The maximum absolute atomic E-state index is 13.2. The Kier molecular flexibility index (Phi) is 6.82. The average Bonchev–Trinajstić information content (AvgIpc) is 3.12. The molecule has 8 heteroatoms. The third-order valence-electron chi connectivity index (χ3n) is 4.24. The SMILES string of the molecule is CN(C)c1nc(NC(=O)COc2ccccc2)c(C(=O)OC(C)(C)C)n1-c1ccccc1. The smallest absolute Gasteiger partial charge is 0.359 e. The number of rotatable bonds is 7. The monoisotopic (exact) mass is 436 g/mol. The molecule has 2 aromatic carbocycles. The van der Waals surface area contributed by atoms with Gasteiger partial charge in [0.2, 0.25) is 5.95 Å². The second-order valence-corrected chi connectivity index (χ2v) is 8.33. The van der Waals surface area contributed by atoms with Crippen LogP contribution in [0.2, 0.25) is 0 Å². The first kappa shape index (κ1) is 22.9. The predicted octanol–water partition coefficient (Wildman–Crippen LogP) is 3.91. The Morgan fingerprint density at radius 1 is 1.00 bits per heavy atom. The van der Waals surface area contributed by atoms with Crippen LogP contribution in [0.5, 0.6) is 5.75 Å². The van der Waals surface area contributed by atoms with E-state index in [1.165, 1.54) is 0 Å². The van der Waals surface area contributed by atoms with Crippen LogP contribution in [0.1, 0.15) is 31.3 Å². The van der Waals surface area contributed by atoms with Gasteiger partial charge in [0.1, 0.15) is 11.4 Å². The summed E-state index contributed by atoms with van der Waals surface area (Å²) in [6, 6.07) is 18.3. The third-order valence-corrected chi connectivity index (χ3v) is 4.24. The van der Waals surface area contributed by atoms with Crippen molar-refractivity contribution in [1.82, 2.24) is 9.55 Å². The molecule has 168 valence electrons. The van der Waals surface area contributed by atoms with Crippen LogP contribution in [-0.2, 0) is 9.53 Å². The van der Waals surface area contributed by atoms with Crippen molar-refractivity contribution in [3.63, 3.8) is 0 Å². The van der Waals surface area contributed by atoms with Gasteiger partial charge in [-0.05, 0) is 45.0 Å². The average molecular weight is 437 g/mol. The predicted molar refractivity (Wildman–Crippen MR) is 124 cm³/mol. The lowest BCUT2D eigenvalue weighted by atomic mass is 10.2. The summed E-state index contributed by atoms with van der Waals surface area (Å²) in [5.41, 5.74) is 0.118. The second kappa shape index (κ2) is 9.55. The summed E-state index contributed by atoms with van der Waals surface area (Å²) < 4.78 is 12.8. The van der Waals surface area contributed by atoms with Gasteiger partial charge in [0.05, 0.1) is 0 Å². The first-order valence-corrected chi connectivity index (χ1v) is 10.2. The van der Waals surface area contributed by atoms with Gasteiger partial charge >= 0.3 is 5.97 Å². The summed E-state index contributed by atoms with van der Waals surface area (Å²) in [6.45, 7) is 5.13. The van der Waals surface area contributed by atoms with Crippen LogP contribution in [0.25, 0.3) is 5.69 Å². The van der Waals surface area contributed by atoms with Crippen molar-refractivity contribution in [2.45, 2.75) is 26.4 Å². The standard InChI is InChI=1S/C24H28N4O4/c1-24(2,3)32-22(30)20-21(25-19(29)16-31-18-14-10-7-11-15-18)26-23(27(4)5)28(20)17-12-8-6-9-13-17/h6-15H,16H2,1-5H3,(H,25,29). The Bertz CT molecular complexity index is 1070.